The molecule has 0 aromatic heterocycles. The molecule has 1 aromatic rings. The van der Waals surface area contributed by atoms with E-state index in [0.717, 1.165) is 19.6 Å². The Morgan fingerprint density at radius 2 is 1.94 bits per heavy atom. The number of methoxy groups -OCH3 is 1. The number of β-amino-alcohol motifs (C(OH)–C–C–N with tert-alkyl or cyclic N) is 1. The molecule has 3 rings (SSSR count). The first-order valence-electron chi connectivity index (χ1n) is 10.9. The molecule has 0 aliphatic carbocycles. The molecule has 0 spiro atoms. The number of hydrogen-bond donors (Lipinski definition) is 1. The van der Waals surface area contributed by atoms with Crippen LogP contribution < -0.4 is 0 Å². The largest absolute Gasteiger partial charge is 0.390 e. The molecule has 2 aliphatic rings. The number of halogens is 1. The highest BCUT2D eigenvalue weighted by atomic mass is 19.1. The number of benzene rings is 1. The summed E-state index contributed by atoms with van der Waals surface area (Å²) in [5, 5.41) is 10.5. The van der Waals surface area contributed by atoms with Crippen LogP contribution in [0.2, 0.25) is 0 Å². The summed E-state index contributed by atoms with van der Waals surface area (Å²) < 4.78 is 30.5. The maximum absolute atomic E-state index is 14.1. The first kappa shape index (κ1) is 24.0. The normalized spacial score (nSPS) is 21.7. The van der Waals surface area contributed by atoms with E-state index in [2.05, 4.69) is 9.80 Å². The van der Waals surface area contributed by atoms with Gasteiger partial charge in [0, 0.05) is 59.5 Å². The summed E-state index contributed by atoms with van der Waals surface area (Å²) in [7, 11) is 1.57. The molecule has 2 fully saturated rings. The molecule has 9 heteroatoms. The third kappa shape index (κ3) is 7.48. The highest BCUT2D eigenvalue weighted by molar-refractivity contribution is 5.94. The molecule has 2 saturated heterocycles. The van der Waals surface area contributed by atoms with Crippen LogP contribution >= 0.6 is 0 Å². The number of ether oxygens (including phenoxy) is 3. The molecule has 2 aliphatic heterocycles. The van der Waals surface area contributed by atoms with Gasteiger partial charge in [-0.2, -0.15) is 0 Å². The smallest absolute Gasteiger partial charge is 0.256 e. The van der Waals surface area contributed by atoms with Gasteiger partial charge in [0.1, 0.15) is 5.82 Å². The zero-order valence-electron chi connectivity index (χ0n) is 18.2. The van der Waals surface area contributed by atoms with Crippen molar-refractivity contribution in [2.45, 2.75) is 12.2 Å². The molecule has 2 unspecified atom stereocenters. The molecular formula is C22H34FN3O5. The molecule has 1 N–H and O–H groups in total. The van der Waals surface area contributed by atoms with Crippen molar-refractivity contribution in [3.63, 3.8) is 0 Å². The van der Waals surface area contributed by atoms with Crippen molar-refractivity contribution in [3.8, 4) is 0 Å². The van der Waals surface area contributed by atoms with Gasteiger partial charge in [0.05, 0.1) is 44.2 Å². The number of aliphatic hydroxyl groups is 1. The van der Waals surface area contributed by atoms with Gasteiger partial charge in [-0.1, -0.05) is 12.1 Å². The zero-order valence-corrected chi connectivity index (χ0v) is 18.2. The second-order valence-corrected chi connectivity index (χ2v) is 8.04. The lowest BCUT2D eigenvalue weighted by Crippen LogP contribution is -2.52. The molecule has 31 heavy (non-hydrogen) atoms. The summed E-state index contributed by atoms with van der Waals surface area (Å²) in [6, 6.07) is 6.00. The molecule has 0 radical (unpaired) electrons. The zero-order chi connectivity index (χ0) is 22.1. The van der Waals surface area contributed by atoms with Crippen LogP contribution in [0.4, 0.5) is 4.39 Å². The van der Waals surface area contributed by atoms with Crippen LogP contribution in [-0.2, 0) is 14.2 Å². The Kier molecular flexibility index (Phi) is 9.63. The second-order valence-electron chi connectivity index (χ2n) is 8.04. The Balaban J connectivity index is 1.54. The summed E-state index contributed by atoms with van der Waals surface area (Å²) >= 11 is 0. The maximum atomic E-state index is 14.1. The van der Waals surface area contributed by atoms with Gasteiger partial charge in [0.2, 0.25) is 0 Å². The molecule has 1 amide bonds. The minimum atomic E-state index is -0.535. The number of morpholine rings is 2. The van der Waals surface area contributed by atoms with Crippen LogP contribution in [0.5, 0.6) is 0 Å². The van der Waals surface area contributed by atoms with Crippen LogP contribution in [-0.4, -0.2) is 124 Å². The van der Waals surface area contributed by atoms with Gasteiger partial charge in [-0.3, -0.25) is 14.6 Å². The number of aliphatic hydroxyl groups excluding tert-OH is 1. The Labute approximate surface area is 183 Å². The van der Waals surface area contributed by atoms with E-state index >= 15 is 0 Å². The molecule has 2 atom stereocenters. The lowest BCUT2D eigenvalue weighted by atomic mass is 10.1. The third-order valence-corrected chi connectivity index (χ3v) is 5.65. The first-order chi connectivity index (χ1) is 15.1. The van der Waals surface area contributed by atoms with Crippen molar-refractivity contribution in [3.05, 3.63) is 35.6 Å². The fourth-order valence-electron chi connectivity index (χ4n) is 4.02. The molecule has 1 aromatic carbocycles. The summed E-state index contributed by atoms with van der Waals surface area (Å²) in [5.41, 5.74) is 0.0483. The third-order valence-electron chi connectivity index (χ3n) is 5.65. The Hall–Kier alpha value is -1.62. The van der Waals surface area contributed by atoms with Crippen molar-refractivity contribution >= 4 is 5.91 Å². The van der Waals surface area contributed by atoms with Crippen molar-refractivity contribution in [1.82, 2.24) is 14.7 Å². The number of carbonyl (C=O) groups is 1. The number of nitrogens with zero attached hydrogens (tertiary/aromatic N) is 3. The highest BCUT2D eigenvalue weighted by Gasteiger charge is 2.28. The molecule has 174 valence electrons. The molecular weight excluding hydrogens is 405 g/mol. The van der Waals surface area contributed by atoms with Gasteiger partial charge < -0.3 is 24.2 Å². The number of carbonyl (C=O) groups excluding carboxylic acids is 1. The van der Waals surface area contributed by atoms with E-state index in [4.69, 9.17) is 14.2 Å². The summed E-state index contributed by atoms with van der Waals surface area (Å²) in [6.45, 7) is 7.19. The molecule has 8 nitrogen and oxygen atoms in total. The van der Waals surface area contributed by atoms with Gasteiger partial charge in [-0.25, -0.2) is 4.39 Å². The topological polar surface area (TPSA) is 74.7 Å². The van der Waals surface area contributed by atoms with Crippen molar-refractivity contribution in [1.29, 1.82) is 0 Å². The number of hydrogen-bond acceptors (Lipinski definition) is 7. The summed E-state index contributed by atoms with van der Waals surface area (Å²) in [4.78, 5) is 18.9. The van der Waals surface area contributed by atoms with E-state index in [1.165, 1.54) is 12.1 Å². The quantitative estimate of drug-likeness (QED) is 0.562. The van der Waals surface area contributed by atoms with Crippen LogP contribution in [0.1, 0.15) is 10.4 Å². The average molecular weight is 440 g/mol. The monoisotopic (exact) mass is 439 g/mol. The van der Waals surface area contributed by atoms with Gasteiger partial charge in [0.25, 0.3) is 5.91 Å². The SMILES string of the molecule is COCCN(CC1CN(CC(O)CN2CCOCC2)CCO1)C(=O)c1ccccc1F. The predicted molar refractivity (Wildman–Crippen MR) is 114 cm³/mol. The number of rotatable bonds is 10. The Morgan fingerprint density at radius 1 is 1.23 bits per heavy atom. The van der Waals surface area contributed by atoms with Crippen molar-refractivity contribution in [2.75, 3.05) is 85.9 Å². The first-order valence-corrected chi connectivity index (χ1v) is 10.9. The fraction of sp³-hybridized carbons (Fsp3) is 0.682. The van der Waals surface area contributed by atoms with Crippen LogP contribution in [0.3, 0.4) is 0 Å². The Morgan fingerprint density at radius 3 is 2.68 bits per heavy atom. The number of amides is 1. The van der Waals surface area contributed by atoms with Gasteiger partial charge in [-0.05, 0) is 12.1 Å². The average Bonchev–Trinajstić information content (AvgIpc) is 2.77. The van der Waals surface area contributed by atoms with E-state index in [1.807, 2.05) is 0 Å². The van der Waals surface area contributed by atoms with E-state index in [9.17, 15) is 14.3 Å². The minimum Gasteiger partial charge on any atom is -0.390 e. The van der Waals surface area contributed by atoms with Gasteiger partial charge in [-0.15, -0.1) is 0 Å². The lowest BCUT2D eigenvalue weighted by molar-refractivity contribution is -0.0564. The second kappa shape index (κ2) is 12.4. The fourth-order valence-corrected chi connectivity index (χ4v) is 4.02. The molecule has 0 saturated carbocycles. The van der Waals surface area contributed by atoms with Gasteiger partial charge >= 0.3 is 0 Å². The van der Waals surface area contributed by atoms with E-state index in [-0.39, 0.29) is 17.6 Å². The van der Waals surface area contributed by atoms with Gasteiger partial charge in [0.15, 0.2) is 0 Å². The van der Waals surface area contributed by atoms with Crippen LogP contribution in [0, 0.1) is 5.82 Å². The summed E-state index contributed by atoms with van der Waals surface area (Å²) in [6.07, 6.45) is -0.668. The standard InChI is InChI=1S/C22H34FN3O5/c1-29-10-9-26(22(28)20-4-2-3-5-21(20)23)17-19-16-25(8-13-31-19)15-18(27)14-24-6-11-30-12-7-24/h2-5,18-19,27H,6-17H2,1H3. The van der Waals surface area contributed by atoms with Crippen LogP contribution in [0.25, 0.3) is 0 Å². The van der Waals surface area contributed by atoms with Crippen LogP contribution in [0.15, 0.2) is 24.3 Å². The summed E-state index contributed by atoms with van der Waals surface area (Å²) in [5.74, 6) is -0.907. The highest BCUT2D eigenvalue weighted by Crippen LogP contribution is 2.14. The molecule has 2 heterocycles. The lowest BCUT2D eigenvalue weighted by Gasteiger charge is -2.37. The predicted octanol–water partition coefficient (Wildman–Crippen LogP) is 0.308. The van der Waals surface area contributed by atoms with E-state index in [0.29, 0.717) is 59.2 Å². The Bertz CT molecular complexity index is 689. The van der Waals surface area contributed by atoms with E-state index in [1.54, 1.807) is 24.1 Å². The maximum Gasteiger partial charge on any atom is 0.256 e. The molecule has 0 bridgehead atoms. The van der Waals surface area contributed by atoms with Crippen molar-refractivity contribution < 1.29 is 28.5 Å². The minimum absolute atomic E-state index is 0.0483. The van der Waals surface area contributed by atoms with E-state index < -0.39 is 11.9 Å². The van der Waals surface area contributed by atoms with Crippen molar-refractivity contribution in [2.24, 2.45) is 0 Å².